The van der Waals surface area contributed by atoms with Gasteiger partial charge in [0.05, 0.1) is 11.5 Å². The van der Waals surface area contributed by atoms with E-state index in [4.69, 9.17) is 4.74 Å². The number of carbonyl (C=O) groups is 2. The summed E-state index contributed by atoms with van der Waals surface area (Å²) in [4.78, 5) is 35.6. The average molecular weight is 475 g/mol. The van der Waals surface area contributed by atoms with Gasteiger partial charge in [-0.25, -0.2) is 4.79 Å². The Kier molecular flexibility index (Phi) is 6.40. The van der Waals surface area contributed by atoms with Crippen LogP contribution in [0.5, 0.6) is 0 Å². The van der Waals surface area contributed by atoms with Crippen molar-refractivity contribution in [3.63, 3.8) is 0 Å². The van der Waals surface area contributed by atoms with Gasteiger partial charge in [0.15, 0.2) is 0 Å². The molecule has 3 aromatic rings. The Hall–Kier alpha value is -3.04. The van der Waals surface area contributed by atoms with Gasteiger partial charge in [0, 0.05) is 33.1 Å². The van der Waals surface area contributed by atoms with Gasteiger partial charge in [0.25, 0.3) is 11.6 Å². The zero-order valence-corrected chi connectivity index (χ0v) is 17.6. The van der Waals surface area contributed by atoms with Crippen LogP contribution >= 0.6 is 27.3 Å². The molecule has 0 saturated heterocycles. The van der Waals surface area contributed by atoms with E-state index in [0.717, 1.165) is 10.0 Å². The number of hydrogen-bond acceptors (Lipinski definition) is 6. The standard InChI is InChI=1S/C20H15BrN2O5S/c1-2-28-20(25)17-16(12-6-8-14(21)9-7-12)11-29-19(17)22-18(24)13-4-3-5-15(10-13)23(26)27/h3-11H,2H2,1H3,(H,22,24). The van der Waals surface area contributed by atoms with E-state index in [1.165, 1.54) is 35.6 Å². The summed E-state index contributed by atoms with van der Waals surface area (Å²) in [7, 11) is 0. The minimum atomic E-state index is -0.572. The van der Waals surface area contributed by atoms with Crippen molar-refractivity contribution in [2.24, 2.45) is 0 Å². The van der Waals surface area contributed by atoms with Crippen LogP contribution < -0.4 is 5.32 Å². The molecule has 0 unspecified atom stereocenters. The summed E-state index contributed by atoms with van der Waals surface area (Å²) in [6.07, 6.45) is 0. The summed E-state index contributed by atoms with van der Waals surface area (Å²) in [5.74, 6) is -1.11. The van der Waals surface area contributed by atoms with Crippen LogP contribution in [0.4, 0.5) is 10.7 Å². The number of halogens is 1. The second-order valence-electron chi connectivity index (χ2n) is 5.84. The molecule has 0 fully saturated rings. The van der Waals surface area contributed by atoms with Crippen molar-refractivity contribution in [1.82, 2.24) is 0 Å². The molecule has 0 aliphatic heterocycles. The van der Waals surface area contributed by atoms with Gasteiger partial charge in [-0.2, -0.15) is 0 Å². The molecule has 0 aliphatic rings. The van der Waals surface area contributed by atoms with Crippen LogP contribution in [0.1, 0.15) is 27.6 Å². The third-order valence-electron chi connectivity index (χ3n) is 3.97. The molecule has 0 atom stereocenters. The first kappa shape index (κ1) is 20.7. The molecule has 1 amide bonds. The van der Waals surface area contributed by atoms with Gasteiger partial charge in [-0.05, 0) is 30.7 Å². The van der Waals surface area contributed by atoms with Crippen LogP contribution in [0.3, 0.4) is 0 Å². The number of rotatable bonds is 6. The molecule has 1 aromatic heterocycles. The van der Waals surface area contributed by atoms with Gasteiger partial charge in [-0.15, -0.1) is 11.3 Å². The number of esters is 1. The lowest BCUT2D eigenvalue weighted by Crippen LogP contribution is -2.15. The normalized spacial score (nSPS) is 10.4. The molecule has 0 saturated carbocycles. The first-order chi connectivity index (χ1) is 13.9. The Bertz CT molecular complexity index is 1080. The highest BCUT2D eigenvalue weighted by Gasteiger charge is 2.23. The first-order valence-electron chi connectivity index (χ1n) is 8.51. The van der Waals surface area contributed by atoms with Gasteiger partial charge >= 0.3 is 5.97 Å². The maximum absolute atomic E-state index is 12.6. The van der Waals surface area contributed by atoms with Crippen LogP contribution in [0, 0.1) is 10.1 Å². The lowest BCUT2D eigenvalue weighted by atomic mass is 10.0. The van der Waals surface area contributed by atoms with Crippen LogP contribution in [-0.4, -0.2) is 23.4 Å². The van der Waals surface area contributed by atoms with Crippen LogP contribution in [0.25, 0.3) is 11.1 Å². The number of benzene rings is 2. The SMILES string of the molecule is CCOC(=O)c1c(-c2ccc(Br)cc2)csc1NC(=O)c1cccc([N+](=O)[O-])c1. The summed E-state index contributed by atoms with van der Waals surface area (Å²) in [6.45, 7) is 1.89. The summed E-state index contributed by atoms with van der Waals surface area (Å²) in [5, 5.41) is 15.7. The molecule has 7 nitrogen and oxygen atoms in total. The van der Waals surface area contributed by atoms with Crippen molar-refractivity contribution in [2.75, 3.05) is 11.9 Å². The smallest absolute Gasteiger partial charge is 0.341 e. The fourth-order valence-corrected chi connectivity index (χ4v) is 3.85. The van der Waals surface area contributed by atoms with Crippen LogP contribution in [0.15, 0.2) is 58.4 Å². The molecule has 2 aromatic carbocycles. The molecular weight excluding hydrogens is 460 g/mol. The zero-order valence-electron chi connectivity index (χ0n) is 15.2. The zero-order chi connectivity index (χ0) is 21.0. The van der Waals surface area contributed by atoms with Gasteiger partial charge in [0.1, 0.15) is 10.6 Å². The largest absolute Gasteiger partial charge is 0.462 e. The van der Waals surface area contributed by atoms with Crippen molar-refractivity contribution < 1.29 is 19.2 Å². The van der Waals surface area contributed by atoms with Crippen LogP contribution in [-0.2, 0) is 4.74 Å². The molecule has 1 heterocycles. The second-order valence-corrected chi connectivity index (χ2v) is 7.64. The van der Waals surface area contributed by atoms with E-state index in [0.29, 0.717) is 10.6 Å². The molecule has 0 spiro atoms. The number of non-ortho nitro benzene ring substituents is 1. The van der Waals surface area contributed by atoms with Crippen molar-refractivity contribution >= 4 is 49.8 Å². The number of nitrogens with zero attached hydrogens (tertiary/aromatic N) is 1. The molecule has 3 rings (SSSR count). The molecular formula is C20H15BrN2O5S. The highest BCUT2D eigenvalue weighted by molar-refractivity contribution is 9.10. The summed E-state index contributed by atoms with van der Waals surface area (Å²) in [6, 6.07) is 12.8. The van der Waals surface area contributed by atoms with Crippen molar-refractivity contribution in [3.8, 4) is 11.1 Å². The van der Waals surface area contributed by atoms with E-state index in [-0.39, 0.29) is 23.4 Å². The molecule has 1 N–H and O–H groups in total. The number of ether oxygens (including phenoxy) is 1. The van der Waals surface area contributed by atoms with E-state index < -0.39 is 16.8 Å². The number of amides is 1. The lowest BCUT2D eigenvalue weighted by Gasteiger charge is -2.09. The number of anilines is 1. The Morgan fingerprint density at radius 3 is 2.59 bits per heavy atom. The van der Waals surface area contributed by atoms with Crippen molar-refractivity contribution in [3.05, 3.63) is 79.6 Å². The van der Waals surface area contributed by atoms with Gasteiger partial charge < -0.3 is 10.1 Å². The highest BCUT2D eigenvalue weighted by Crippen LogP contribution is 2.37. The lowest BCUT2D eigenvalue weighted by molar-refractivity contribution is -0.384. The monoisotopic (exact) mass is 474 g/mol. The van der Waals surface area contributed by atoms with Gasteiger partial charge in [0.2, 0.25) is 0 Å². The fourth-order valence-electron chi connectivity index (χ4n) is 2.63. The van der Waals surface area contributed by atoms with Gasteiger partial charge in [-0.1, -0.05) is 34.1 Å². The Balaban J connectivity index is 1.97. The first-order valence-corrected chi connectivity index (χ1v) is 10.2. The maximum Gasteiger partial charge on any atom is 0.341 e. The molecule has 9 heteroatoms. The van der Waals surface area contributed by atoms with E-state index >= 15 is 0 Å². The Morgan fingerprint density at radius 2 is 1.93 bits per heavy atom. The van der Waals surface area contributed by atoms with E-state index in [2.05, 4.69) is 21.2 Å². The minimum Gasteiger partial charge on any atom is -0.462 e. The number of nitro benzene ring substituents is 1. The average Bonchev–Trinajstić information content (AvgIpc) is 3.12. The highest BCUT2D eigenvalue weighted by atomic mass is 79.9. The Morgan fingerprint density at radius 1 is 1.21 bits per heavy atom. The predicted molar refractivity (Wildman–Crippen MR) is 114 cm³/mol. The number of hydrogen-bond donors (Lipinski definition) is 1. The number of thiophene rings is 1. The molecule has 0 radical (unpaired) electrons. The fraction of sp³-hybridized carbons (Fsp3) is 0.100. The Labute approximate surface area is 178 Å². The topological polar surface area (TPSA) is 98.5 Å². The molecule has 0 aliphatic carbocycles. The van der Waals surface area contributed by atoms with E-state index in [1.54, 1.807) is 12.3 Å². The van der Waals surface area contributed by atoms with E-state index in [9.17, 15) is 19.7 Å². The third-order valence-corrected chi connectivity index (χ3v) is 5.40. The minimum absolute atomic E-state index is 0.118. The van der Waals surface area contributed by atoms with Crippen molar-refractivity contribution in [2.45, 2.75) is 6.92 Å². The number of nitrogens with one attached hydrogen (secondary N) is 1. The maximum atomic E-state index is 12.6. The van der Waals surface area contributed by atoms with E-state index in [1.807, 2.05) is 24.3 Å². The summed E-state index contributed by atoms with van der Waals surface area (Å²) in [5.41, 5.74) is 1.61. The van der Waals surface area contributed by atoms with Crippen LogP contribution in [0.2, 0.25) is 0 Å². The van der Waals surface area contributed by atoms with Gasteiger partial charge in [-0.3, -0.25) is 14.9 Å². The number of nitro groups is 1. The summed E-state index contributed by atoms with van der Waals surface area (Å²) < 4.78 is 6.07. The molecule has 29 heavy (non-hydrogen) atoms. The predicted octanol–water partition coefficient (Wildman–Crippen LogP) is 5.51. The summed E-state index contributed by atoms with van der Waals surface area (Å²) >= 11 is 4.56. The third kappa shape index (κ3) is 4.69. The molecule has 148 valence electrons. The molecule has 0 bridgehead atoms. The second kappa shape index (κ2) is 8.97. The quantitative estimate of drug-likeness (QED) is 0.288. The number of carbonyl (C=O) groups excluding carboxylic acids is 2. The van der Waals surface area contributed by atoms with Crippen molar-refractivity contribution in [1.29, 1.82) is 0 Å².